The van der Waals surface area contributed by atoms with E-state index in [1.165, 1.54) is 67.5 Å². The van der Waals surface area contributed by atoms with Crippen LogP contribution >= 0.6 is 0 Å². The molecule has 2 atom stereocenters. The zero-order valence-electron chi connectivity index (χ0n) is 13.6. The van der Waals surface area contributed by atoms with Crippen molar-refractivity contribution in [2.75, 3.05) is 53.4 Å². The first-order valence-electron chi connectivity index (χ1n) is 8.32. The lowest BCUT2D eigenvalue weighted by atomic mass is 9.86. The molecule has 0 spiro atoms. The molecule has 2 rings (SSSR count). The fraction of sp³-hybridized carbons (Fsp3) is 0.882. The third-order valence-electron chi connectivity index (χ3n) is 5.98. The van der Waals surface area contributed by atoms with Crippen molar-refractivity contribution in [3.05, 3.63) is 12.2 Å². The van der Waals surface area contributed by atoms with Gasteiger partial charge in [-0.15, -0.1) is 0 Å². The summed E-state index contributed by atoms with van der Waals surface area (Å²) in [5, 5.41) is 0. The van der Waals surface area contributed by atoms with Gasteiger partial charge in [0.2, 0.25) is 0 Å². The van der Waals surface area contributed by atoms with Crippen LogP contribution in [0.25, 0.3) is 0 Å². The Kier molecular flexibility index (Phi) is 4.73. The fourth-order valence-corrected chi connectivity index (χ4v) is 4.14. The Morgan fingerprint density at radius 1 is 1.05 bits per heavy atom. The second kappa shape index (κ2) is 5.97. The SMILES string of the molecule is CC[N+](C)(CC)CCC[N+]1(C)C[C@@H]2CC=CC[C@H]2C1. The first kappa shape index (κ1) is 15.1. The summed E-state index contributed by atoms with van der Waals surface area (Å²) in [6.07, 6.45) is 8.91. The van der Waals surface area contributed by atoms with Crippen LogP contribution in [0, 0.1) is 11.8 Å². The lowest BCUT2D eigenvalue weighted by Gasteiger charge is -2.35. The van der Waals surface area contributed by atoms with Crippen molar-refractivity contribution < 1.29 is 8.97 Å². The Morgan fingerprint density at radius 3 is 2.05 bits per heavy atom. The summed E-state index contributed by atoms with van der Waals surface area (Å²) in [4.78, 5) is 0. The largest absolute Gasteiger partial charge is 0.326 e. The number of hydrogen-bond acceptors (Lipinski definition) is 0. The molecule has 1 aliphatic heterocycles. The van der Waals surface area contributed by atoms with Crippen LogP contribution in [-0.2, 0) is 0 Å². The maximum atomic E-state index is 2.50. The van der Waals surface area contributed by atoms with Gasteiger partial charge in [0.1, 0.15) is 0 Å². The summed E-state index contributed by atoms with van der Waals surface area (Å²) in [5.41, 5.74) is 0. The maximum absolute atomic E-state index is 2.50. The molecule has 0 bridgehead atoms. The maximum Gasteiger partial charge on any atom is 0.0839 e. The Labute approximate surface area is 120 Å². The Bertz CT molecular complexity index is 301. The Balaban J connectivity index is 1.80. The minimum atomic E-state index is 0.980. The van der Waals surface area contributed by atoms with Gasteiger partial charge in [-0.3, -0.25) is 0 Å². The lowest BCUT2D eigenvalue weighted by Crippen LogP contribution is -2.48. The molecule has 0 N–H and O–H groups in total. The van der Waals surface area contributed by atoms with Gasteiger partial charge in [-0.2, -0.15) is 0 Å². The normalized spacial score (nSPS) is 29.5. The van der Waals surface area contributed by atoms with Gasteiger partial charge in [0.05, 0.1) is 53.4 Å². The molecule has 0 radical (unpaired) electrons. The highest BCUT2D eigenvalue weighted by Crippen LogP contribution is 2.36. The van der Waals surface area contributed by atoms with Gasteiger partial charge >= 0.3 is 0 Å². The van der Waals surface area contributed by atoms with Crippen LogP contribution in [0.5, 0.6) is 0 Å². The monoisotopic (exact) mass is 266 g/mol. The Morgan fingerprint density at radius 2 is 1.58 bits per heavy atom. The second-order valence-corrected chi connectivity index (χ2v) is 7.50. The molecule has 110 valence electrons. The molecule has 1 fully saturated rings. The van der Waals surface area contributed by atoms with E-state index in [2.05, 4.69) is 40.1 Å². The summed E-state index contributed by atoms with van der Waals surface area (Å²) in [6.45, 7) is 12.8. The number of hydrogen-bond donors (Lipinski definition) is 0. The smallest absolute Gasteiger partial charge is 0.0839 e. The van der Waals surface area contributed by atoms with Crippen molar-refractivity contribution in [3.63, 3.8) is 0 Å². The second-order valence-electron chi connectivity index (χ2n) is 7.50. The average molecular weight is 266 g/mol. The molecule has 2 nitrogen and oxygen atoms in total. The van der Waals surface area contributed by atoms with Crippen LogP contribution in [0.15, 0.2) is 12.2 Å². The van der Waals surface area contributed by atoms with E-state index < -0.39 is 0 Å². The molecule has 1 saturated heterocycles. The quantitative estimate of drug-likeness (QED) is 0.512. The molecule has 19 heavy (non-hydrogen) atoms. The van der Waals surface area contributed by atoms with Crippen LogP contribution in [-0.4, -0.2) is 62.3 Å². The molecule has 0 amide bonds. The van der Waals surface area contributed by atoms with Crippen molar-refractivity contribution in [2.24, 2.45) is 11.8 Å². The van der Waals surface area contributed by atoms with E-state index in [9.17, 15) is 0 Å². The van der Waals surface area contributed by atoms with Gasteiger partial charge in [0.15, 0.2) is 0 Å². The highest BCUT2D eigenvalue weighted by Gasteiger charge is 2.42. The average Bonchev–Trinajstić information content (AvgIpc) is 2.74. The summed E-state index contributed by atoms with van der Waals surface area (Å²) in [5.74, 6) is 1.96. The standard InChI is InChI=1S/C17H34N2/c1-5-18(3,6-2)12-9-13-19(4)14-16-10-7-8-11-17(16)15-19/h7-8,16-17H,5-6,9-15H2,1-4H3/q+2/t16-,17-/m0/s1. The summed E-state index contributed by atoms with van der Waals surface area (Å²) in [7, 11) is 4.91. The molecule has 0 unspecified atom stereocenters. The van der Waals surface area contributed by atoms with Gasteiger partial charge in [-0.25, -0.2) is 0 Å². The van der Waals surface area contributed by atoms with Crippen LogP contribution < -0.4 is 0 Å². The predicted octanol–water partition coefficient (Wildman–Crippen LogP) is 2.91. The van der Waals surface area contributed by atoms with Crippen LogP contribution in [0.4, 0.5) is 0 Å². The van der Waals surface area contributed by atoms with Crippen molar-refractivity contribution in [2.45, 2.75) is 33.1 Å². The van der Waals surface area contributed by atoms with E-state index in [0.29, 0.717) is 0 Å². The number of nitrogens with zero attached hydrogens (tertiary/aromatic N) is 2. The molecule has 2 aliphatic rings. The van der Waals surface area contributed by atoms with Gasteiger partial charge < -0.3 is 8.97 Å². The third kappa shape index (κ3) is 3.61. The number of likely N-dealkylation sites (tertiary alicyclic amines) is 1. The minimum absolute atomic E-state index is 0.980. The van der Waals surface area contributed by atoms with E-state index in [1.54, 1.807) is 0 Å². The van der Waals surface area contributed by atoms with Crippen molar-refractivity contribution in [3.8, 4) is 0 Å². The van der Waals surface area contributed by atoms with Gasteiger partial charge in [0, 0.05) is 18.3 Å². The fourth-order valence-electron chi connectivity index (χ4n) is 4.14. The molecular formula is C17H34N2+2. The van der Waals surface area contributed by atoms with Crippen LogP contribution in [0.2, 0.25) is 0 Å². The first-order valence-corrected chi connectivity index (χ1v) is 8.32. The van der Waals surface area contributed by atoms with E-state index in [-0.39, 0.29) is 0 Å². The molecule has 0 aromatic rings. The molecular weight excluding hydrogens is 232 g/mol. The zero-order chi connectivity index (χ0) is 13.9. The number of fused-ring (bicyclic) bond motifs is 1. The van der Waals surface area contributed by atoms with Crippen molar-refractivity contribution in [1.29, 1.82) is 0 Å². The molecule has 1 heterocycles. The van der Waals surface area contributed by atoms with Gasteiger partial charge in [0.25, 0.3) is 0 Å². The summed E-state index contributed by atoms with van der Waals surface area (Å²) < 4.78 is 2.58. The third-order valence-corrected chi connectivity index (χ3v) is 5.98. The van der Waals surface area contributed by atoms with Crippen LogP contribution in [0.3, 0.4) is 0 Å². The van der Waals surface area contributed by atoms with Crippen LogP contribution in [0.1, 0.15) is 33.1 Å². The highest BCUT2D eigenvalue weighted by atomic mass is 15.4. The molecule has 0 saturated carbocycles. The van der Waals surface area contributed by atoms with Gasteiger partial charge in [-0.05, 0) is 26.7 Å². The van der Waals surface area contributed by atoms with E-state index in [0.717, 1.165) is 11.8 Å². The molecule has 0 aromatic heterocycles. The molecule has 1 aliphatic carbocycles. The van der Waals surface area contributed by atoms with E-state index in [1.807, 2.05) is 0 Å². The van der Waals surface area contributed by atoms with Crippen molar-refractivity contribution in [1.82, 2.24) is 0 Å². The lowest BCUT2D eigenvalue weighted by molar-refractivity contribution is -0.922. The first-order chi connectivity index (χ1) is 9.00. The topological polar surface area (TPSA) is 0 Å². The molecule has 0 aromatic carbocycles. The Hall–Kier alpha value is -0.340. The van der Waals surface area contributed by atoms with E-state index >= 15 is 0 Å². The van der Waals surface area contributed by atoms with Crippen molar-refractivity contribution >= 4 is 0 Å². The van der Waals surface area contributed by atoms with E-state index in [4.69, 9.17) is 0 Å². The number of allylic oxidation sites excluding steroid dienone is 2. The summed E-state index contributed by atoms with van der Waals surface area (Å²) in [6, 6.07) is 0. The highest BCUT2D eigenvalue weighted by molar-refractivity contribution is 4.96. The number of rotatable bonds is 6. The molecule has 2 heteroatoms. The van der Waals surface area contributed by atoms with Gasteiger partial charge in [-0.1, -0.05) is 12.2 Å². The predicted molar refractivity (Wildman–Crippen MR) is 82.9 cm³/mol. The minimum Gasteiger partial charge on any atom is -0.326 e. The number of quaternary nitrogens is 2. The summed E-state index contributed by atoms with van der Waals surface area (Å²) >= 11 is 0. The zero-order valence-corrected chi connectivity index (χ0v) is 13.6.